The fourth-order valence-corrected chi connectivity index (χ4v) is 3.07. The number of aliphatic hydroxyl groups excluding tert-OH is 1. The molecule has 0 bridgehead atoms. The van der Waals surface area contributed by atoms with Crippen molar-refractivity contribution in [3.05, 3.63) is 72.1 Å². The van der Waals surface area contributed by atoms with Crippen molar-refractivity contribution in [2.24, 2.45) is 0 Å². The first kappa shape index (κ1) is 19.5. The predicted molar refractivity (Wildman–Crippen MR) is 109 cm³/mol. The van der Waals surface area contributed by atoms with E-state index in [1.165, 1.54) is 0 Å². The van der Waals surface area contributed by atoms with Gasteiger partial charge in [-0.1, -0.05) is 47.6 Å². The summed E-state index contributed by atoms with van der Waals surface area (Å²) >= 11 is 0. The van der Waals surface area contributed by atoms with Crippen LogP contribution in [0.25, 0.3) is 28.5 Å². The number of carbonyl (C=O) groups is 1. The lowest BCUT2D eigenvalue weighted by Crippen LogP contribution is -2.15. The summed E-state index contributed by atoms with van der Waals surface area (Å²) in [5.41, 5.74) is 3.69. The third kappa shape index (κ3) is 3.72. The number of aromatic nitrogens is 4. The van der Waals surface area contributed by atoms with Crippen molar-refractivity contribution < 1.29 is 19.2 Å². The van der Waals surface area contributed by atoms with Gasteiger partial charge in [-0.25, -0.2) is 9.48 Å². The minimum Gasteiger partial charge on any atom is -0.464 e. The summed E-state index contributed by atoms with van der Waals surface area (Å²) in [6, 6.07) is 16.5. The molecule has 2 aromatic carbocycles. The van der Waals surface area contributed by atoms with Gasteiger partial charge in [0.05, 0.1) is 29.7 Å². The molecule has 0 aliphatic heterocycles. The summed E-state index contributed by atoms with van der Waals surface area (Å²) < 4.78 is 12.1. The average molecular weight is 404 g/mol. The fourth-order valence-electron chi connectivity index (χ4n) is 3.07. The molecule has 0 aliphatic carbocycles. The first-order chi connectivity index (χ1) is 14.6. The van der Waals surface area contributed by atoms with E-state index in [2.05, 4.69) is 15.2 Å². The van der Waals surface area contributed by atoms with Gasteiger partial charge >= 0.3 is 5.97 Å². The molecule has 1 N–H and O–H groups in total. The summed E-state index contributed by atoms with van der Waals surface area (Å²) in [7, 11) is 0. The summed E-state index contributed by atoms with van der Waals surface area (Å²) in [5.74, 6) is 0.0763. The number of rotatable bonds is 6. The Bertz CT molecular complexity index is 1150. The zero-order chi connectivity index (χ0) is 21.1. The fraction of sp³-hybridized carbons (Fsp3) is 0.182. The zero-order valence-electron chi connectivity index (χ0n) is 16.5. The van der Waals surface area contributed by atoms with Gasteiger partial charge in [0.2, 0.25) is 5.82 Å². The SMILES string of the molecule is CCOC(=O)C(O)c1ccc(-c2noc(-c3cnn(-c4ccccc4)c3C)n2)cc1. The van der Waals surface area contributed by atoms with Gasteiger partial charge in [0.25, 0.3) is 5.89 Å². The normalized spacial score (nSPS) is 12.0. The minimum atomic E-state index is -1.33. The number of benzene rings is 2. The molecule has 4 rings (SSSR count). The number of carbonyl (C=O) groups excluding carboxylic acids is 1. The second-order valence-corrected chi connectivity index (χ2v) is 6.59. The Balaban J connectivity index is 1.57. The molecule has 0 aliphatic rings. The third-order valence-electron chi connectivity index (χ3n) is 4.66. The van der Waals surface area contributed by atoms with Crippen LogP contribution < -0.4 is 0 Å². The molecule has 0 radical (unpaired) electrons. The average Bonchev–Trinajstić information content (AvgIpc) is 3.41. The van der Waals surface area contributed by atoms with Crippen LogP contribution >= 0.6 is 0 Å². The Kier molecular flexibility index (Phi) is 5.40. The summed E-state index contributed by atoms with van der Waals surface area (Å²) in [6.07, 6.45) is 0.365. The standard InChI is InChI=1S/C22H20N4O4/c1-3-29-22(28)19(27)15-9-11-16(12-10-15)20-24-21(30-25-20)18-13-23-26(14(18)2)17-7-5-4-6-8-17/h4-13,19,27H,3H2,1-2H3. The molecule has 1 unspecified atom stereocenters. The molecule has 30 heavy (non-hydrogen) atoms. The molecule has 0 amide bonds. The molecule has 1 atom stereocenters. The molecule has 4 aromatic rings. The second kappa shape index (κ2) is 8.30. The zero-order valence-corrected chi connectivity index (χ0v) is 16.5. The van der Waals surface area contributed by atoms with Crippen molar-refractivity contribution in [2.45, 2.75) is 20.0 Å². The van der Waals surface area contributed by atoms with E-state index in [1.807, 2.05) is 41.9 Å². The van der Waals surface area contributed by atoms with Gasteiger partial charge in [0.15, 0.2) is 6.10 Å². The lowest BCUT2D eigenvalue weighted by molar-refractivity contribution is -0.153. The number of para-hydroxylation sites is 1. The summed E-state index contributed by atoms with van der Waals surface area (Å²) in [4.78, 5) is 16.1. The first-order valence-corrected chi connectivity index (χ1v) is 9.47. The number of aliphatic hydroxyl groups is 1. The highest BCUT2D eigenvalue weighted by molar-refractivity contribution is 5.76. The smallest absolute Gasteiger partial charge is 0.339 e. The molecular weight excluding hydrogens is 384 g/mol. The van der Waals surface area contributed by atoms with Gasteiger partial charge < -0.3 is 14.4 Å². The minimum absolute atomic E-state index is 0.208. The van der Waals surface area contributed by atoms with Crippen LogP contribution in [0.5, 0.6) is 0 Å². The monoisotopic (exact) mass is 404 g/mol. The maximum atomic E-state index is 11.7. The topological polar surface area (TPSA) is 103 Å². The van der Waals surface area contributed by atoms with Gasteiger partial charge in [-0.3, -0.25) is 0 Å². The van der Waals surface area contributed by atoms with Crippen LogP contribution in [0.15, 0.2) is 65.3 Å². The molecule has 152 valence electrons. The maximum Gasteiger partial charge on any atom is 0.339 e. The molecule has 8 heteroatoms. The lowest BCUT2D eigenvalue weighted by atomic mass is 10.1. The van der Waals surface area contributed by atoms with E-state index in [1.54, 1.807) is 37.4 Å². The number of hydrogen-bond donors (Lipinski definition) is 1. The van der Waals surface area contributed by atoms with Gasteiger partial charge in [-0.15, -0.1) is 0 Å². The van der Waals surface area contributed by atoms with Gasteiger partial charge in [0.1, 0.15) is 0 Å². The largest absolute Gasteiger partial charge is 0.464 e. The van der Waals surface area contributed by atoms with Crippen molar-refractivity contribution in [2.75, 3.05) is 6.61 Å². The highest BCUT2D eigenvalue weighted by atomic mass is 16.5. The third-order valence-corrected chi connectivity index (χ3v) is 4.66. The predicted octanol–water partition coefficient (Wildman–Crippen LogP) is 3.49. The summed E-state index contributed by atoms with van der Waals surface area (Å²) in [5, 5.41) is 18.5. The van der Waals surface area contributed by atoms with Crippen molar-refractivity contribution >= 4 is 5.97 Å². The number of esters is 1. The highest BCUT2D eigenvalue weighted by Crippen LogP contribution is 2.27. The van der Waals surface area contributed by atoms with Crippen LogP contribution in [0, 0.1) is 6.92 Å². The van der Waals surface area contributed by atoms with Gasteiger partial charge in [-0.2, -0.15) is 10.1 Å². The van der Waals surface area contributed by atoms with Crippen molar-refractivity contribution in [1.29, 1.82) is 0 Å². The van der Waals surface area contributed by atoms with Crippen LogP contribution in [-0.4, -0.2) is 37.6 Å². The van der Waals surface area contributed by atoms with Crippen LogP contribution in [0.1, 0.15) is 24.3 Å². The van der Waals surface area contributed by atoms with Crippen molar-refractivity contribution in [3.63, 3.8) is 0 Å². The number of ether oxygens (including phenoxy) is 1. The van der Waals surface area contributed by atoms with Gasteiger partial charge in [-0.05, 0) is 31.5 Å². The second-order valence-electron chi connectivity index (χ2n) is 6.59. The molecule has 2 heterocycles. The molecule has 8 nitrogen and oxygen atoms in total. The van der Waals surface area contributed by atoms with E-state index < -0.39 is 12.1 Å². The Labute approximate surface area is 172 Å². The van der Waals surface area contributed by atoms with Crippen LogP contribution in [0.2, 0.25) is 0 Å². The van der Waals surface area contributed by atoms with E-state index in [0.717, 1.165) is 16.9 Å². The number of hydrogen-bond acceptors (Lipinski definition) is 7. The van der Waals surface area contributed by atoms with Crippen molar-refractivity contribution in [3.8, 4) is 28.5 Å². The van der Waals surface area contributed by atoms with E-state index in [-0.39, 0.29) is 6.61 Å². The van der Waals surface area contributed by atoms with Crippen LogP contribution in [-0.2, 0) is 9.53 Å². The lowest BCUT2D eigenvalue weighted by Gasteiger charge is -2.09. The molecular formula is C22H20N4O4. The molecule has 0 spiro atoms. The molecule has 2 aromatic heterocycles. The maximum absolute atomic E-state index is 11.7. The van der Waals surface area contributed by atoms with E-state index >= 15 is 0 Å². The van der Waals surface area contributed by atoms with E-state index in [4.69, 9.17) is 9.26 Å². The molecule has 0 saturated heterocycles. The van der Waals surface area contributed by atoms with E-state index in [0.29, 0.717) is 22.8 Å². The Morgan fingerprint density at radius 3 is 2.60 bits per heavy atom. The summed E-state index contributed by atoms with van der Waals surface area (Å²) in [6.45, 7) is 3.83. The quantitative estimate of drug-likeness (QED) is 0.491. The Morgan fingerprint density at radius 1 is 1.17 bits per heavy atom. The molecule has 0 saturated carbocycles. The Hall–Kier alpha value is -3.78. The van der Waals surface area contributed by atoms with Gasteiger partial charge in [0, 0.05) is 5.56 Å². The van der Waals surface area contributed by atoms with Crippen LogP contribution in [0.4, 0.5) is 0 Å². The van der Waals surface area contributed by atoms with Crippen LogP contribution in [0.3, 0.4) is 0 Å². The molecule has 0 fully saturated rings. The Morgan fingerprint density at radius 2 is 1.90 bits per heavy atom. The number of nitrogens with zero attached hydrogens (tertiary/aromatic N) is 4. The highest BCUT2D eigenvalue weighted by Gasteiger charge is 2.20. The van der Waals surface area contributed by atoms with E-state index in [9.17, 15) is 9.90 Å². The van der Waals surface area contributed by atoms with Crippen molar-refractivity contribution in [1.82, 2.24) is 19.9 Å². The first-order valence-electron chi connectivity index (χ1n) is 9.47.